The molecule has 0 aliphatic carbocycles. The number of hydrogen-bond acceptors (Lipinski definition) is 12. The summed E-state index contributed by atoms with van der Waals surface area (Å²) in [5, 5.41) is 22.2. The van der Waals surface area contributed by atoms with Crippen LogP contribution in [0.1, 0.15) is 11.1 Å². The maximum Gasteiger partial charge on any atom is 0.283 e. The van der Waals surface area contributed by atoms with E-state index in [0.29, 0.717) is 40.5 Å². The van der Waals surface area contributed by atoms with Crippen LogP contribution in [0.2, 0.25) is 0 Å². The summed E-state index contributed by atoms with van der Waals surface area (Å²) in [4.78, 5) is 0.0747. The summed E-state index contributed by atoms with van der Waals surface area (Å²) in [5.74, 6) is -0.925. The van der Waals surface area contributed by atoms with Gasteiger partial charge in [-0.25, -0.2) is 13.7 Å². The van der Waals surface area contributed by atoms with Crippen molar-refractivity contribution in [1.82, 2.24) is 0 Å². The third-order valence-corrected chi connectivity index (χ3v) is 6.58. The monoisotopic (exact) mass is 507 g/mol. The van der Waals surface area contributed by atoms with Gasteiger partial charge in [0.05, 0.1) is 28.6 Å². The van der Waals surface area contributed by atoms with Crippen LogP contribution in [0.3, 0.4) is 0 Å². The summed E-state index contributed by atoms with van der Waals surface area (Å²) in [6.07, 6.45) is 0. The van der Waals surface area contributed by atoms with Gasteiger partial charge in [-0.2, -0.15) is 18.6 Å². The van der Waals surface area contributed by atoms with Crippen molar-refractivity contribution >= 4 is 49.3 Å². The molecule has 0 aromatic heterocycles. The fourth-order valence-corrected chi connectivity index (χ4v) is 4.18. The third kappa shape index (κ3) is 8.44. The van der Waals surface area contributed by atoms with Crippen molar-refractivity contribution in [3.05, 3.63) is 47.5 Å². The lowest BCUT2D eigenvalue weighted by Crippen LogP contribution is -2.13. The number of azo groups is 1. The van der Waals surface area contributed by atoms with Crippen molar-refractivity contribution in [2.24, 2.45) is 10.2 Å². The van der Waals surface area contributed by atoms with Gasteiger partial charge in [0, 0.05) is 5.69 Å². The Hall–Kier alpha value is -2.11. The van der Waals surface area contributed by atoms with E-state index in [0.717, 1.165) is 0 Å². The van der Waals surface area contributed by atoms with Crippen LogP contribution in [0.15, 0.2) is 51.5 Å². The van der Waals surface area contributed by atoms with E-state index in [9.17, 15) is 16.8 Å². The number of aryl methyl sites for hydroxylation is 2. The van der Waals surface area contributed by atoms with E-state index in [1.54, 1.807) is 26.0 Å². The van der Waals surface area contributed by atoms with Gasteiger partial charge in [-0.1, -0.05) is 5.04 Å². The zero-order valence-corrected chi connectivity index (χ0v) is 19.4. The quantitative estimate of drug-likeness (QED) is 0.0953. The van der Waals surface area contributed by atoms with Crippen LogP contribution in [0, 0.1) is 13.8 Å². The SMILES string of the molecule is Cc1cc(NCS(=O)(=O)O)c(C)cc1N=Nc1ccc(S(=O)(=O)CCOSOOO)cc1. The number of rotatable bonds is 12. The first kappa shape index (κ1) is 26.1. The van der Waals surface area contributed by atoms with Crippen LogP contribution in [0.4, 0.5) is 17.1 Å². The Balaban J connectivity index is 2.05. The molecule has 2 aromatic rings. The van der Waals surface area contributed by atoms with Gasteiger partial charge in [0.2, 0.25) is 0 Å². The molecule has 0 bridgehead atoms. The van der Waals surface area contributed by atoms with Crippen molar-refractivity contribution < 1.29 is 40.2 Å². The molecular weight excluding hydrogens is 486 g/mol. The van der Waals surface area contributed by atoms with E-state index in [2.05, 4.69) is 24.9 Å². The van der Waals surface area contributed by atoms with E-state index in [4.69, 9.17) is 14.0 Å². The fourth-order valence-electron chi connectivity index (χ4n) is 2.43. The summed E-state index contributed by atoms with van der Waals surface area (Å²) in [7, 11) is -7.76. The van der Waals surface area contributed by atoms with Crippen LogP contribution < -0.4 is 5.32 Å². The van der Waals surface area contributed by atoms with Gasteiger partial charge in [-0.3, -0.25) is 8.74 Å². The molecule has 2 rings (SSSR count). The molecule has 0 amide bonds. The van der Waals surface area contributed by atoms with Crippen molar-refractivity contribution in [2.45, 2.75) is 18.7 Å². The minimum absolute atomic E-state index is 0.0747. The van der Waals surface area contributed by atoms with Crippen LogP contribution in [-0.2, 0) is 33.5 Å². The molecule has 0 saturated heterocycles. The first-order valence-electron chi connectivity index (χ1n) is 8.83. The Kier molecular flexibility index (Phi) is 9.53. The van der Waals surface area contributed by atoms with Crippen molar-refractivity contribution in [3.8, 4) is 0 Å². The number of anilines is 1. The molecule has 0 atom stereocenters. The van der Waals surface area contributed by atoms with E-state index < -0.39 is 25.8 Å². The number of nitrogens with zero attached hydrogens (tertiary/aromatic N) is 2. The predicted octanol–water partition coefficient (Wildman–Crippen LogP) is 3.75. The van der Waals surface area contributed by atoms with Gasteiger partial charge in [0.15, 0.2) is 22.2 Å². The molecule has 2 aromatic carbocycles. The lowest BCUT2D eigenvalue weighted by Gasteiger charge is -2.10. The number of hydrogen-bond donors (Lipinski definition) is 3. The highest BCUT2D eigenvalue weighted by molar-refractivity contribution is 7.91. The molecule has 12 nitrogen and oxygen atoms in total. The normalized spacial score (nSPS) is 12.4. The standard InChI is InChI=1S/C17H21N3O9S3/c1-12-10-17(13(2)9-16(12)18-11-32(24,25)26)20-19-14-3-5-15(6-4-14)31(22,23)8-7-27-30-29-28-21/h3-6,9-10,18,21H,7-8,11H2,1-2H3,(H,24,25,26). The highest BCUT2D eigenvalue weighted by Crippen LogP contribution is 2.28. The van der Waals surface area contributed by atoms with Crippen molar-refractivity contribution in [1.29, 1.82) is 0 Å². The molecule has 3 N–H and O–H groups in total. The highest BCUT2D eigenvalue weighted by atomic mass is 32.2. The van der Waals surface area contributed by atoms with Crippen LogP contribution in [0.5, 0.6) is 0 Å². The number of sulfone groups is 1. The van der Waals surface area contributed by atoms with E-state index in [1.165, 1.54) is 24.3 Å². The Morgan fingerprint density at radius 3 is 2.34 bits per heavy atom. The Bertz CT molecular complexity index is 1150. The molecule has 0 unspecified atom stereocenters. The van der Waals surface area contributed by atoms with E-state index in [-0.39, 0.29) is 17.3 Å². The molecule has 0 heterocycles. The second kappa shape index (κ2) is 11.7. The minimum atomic E-state index is -4.16. The lowest BCUT2D eigenvalue weighted by atomic mass is 10.1. The van der Waals surface area contributed by atoms with Crippen LogP contribution in [-0.4, -0.2) is 44.9 Å². The van der Waals surface area contributed by atoms with Gasteiger partial charge < -0.3 is 5.32 Å². The average molecular weight is 508 g/mol. The maximum atomic E-state index is 12.3. The van der Waals surface area contributed by atoms with Gasteiger partial charge in [-0.15, -0.1) is 4.33 Å². The van der Waals surface area contributed by atoms with Crippen molar-refractivity contribution in [3.63, 3.8) is 0 Å². The number of nitrogens with one attached hydrogen (secondary N) is 1. The van der Waals surface area contributed by atoms with E-state index in [1.807, 2.05) is 0 Å². The summed E-state index contributed by atoms with van der Waals surface area (Å²) >= 11 is 0.297. The predicted molar refractivity (Wildman–Crippen MR) is 117 cm³/mol. The number of benzene rings is 2. The topological polar surface area (TPSA) is 173 Å². The molecule has 0 saturated carbocycles. The molecule has 0 fully saturated rings. The molecule has 0 aliphatic rings. The molecule has 15 heteroatoms. The highest BCUT2D eigenvalue weighted by Gasteiger charge is 2.14. The molecule has 176 valence electrons. The average Bonchev–Trinajstić information content (AvgIpc) is 2.72. The van der Waals surface area contributed by atoms with Crippen LogP contribution >= 0.6 is 12.3 Å². The third-order valence-electron chi connectivity index (χ3n) is 4.00. The smallest absolute Gasteiger partial charge is 0.283 e. The Morgan fingerprint density at radius 2 is 1.72 bits per heavy atom. The van der Waals surface area contributed by atoms with Crippen molar-refractivity contribution in [2.75, 3.05) is 23.6 Å². The molecule has 32 heavy (non-hydrogen) atoms. The lowest BCUT2D eigenvalue weighted by molar-refractivity contribution is -0.434. The first-order valence-corrected chi connectivity index (χ1v) is 12.8. The van der Waals surface area contributed by atoms with Gasteiger partial charge in [0.1, 0.15) is 5.88 Å². The summed E-state index contributed by atoms with van der Waals surface area (Å²) < 4.78 is 63.9. The fraction of sp³-hybridized carbons (Fsp3) is 0.294. The second-order valence-corrected chi connectivity index (χ2v) is 10.5. The van der Waals surface area contributed by atoms with Crippen LogP contribution in [0.25, 0.3) is 0 Å². The summed E-state index contributed by atoms with van der Waals surface area (Å²) in [6.45, 7) is 3.32. The zero-order valence-electron chi connectivity index (χ0n) is 17.0. The molecule has 0 radical (unpaired) electrons. The Morgan fingerprint density at radius 1 is 1.03 bits per heavy atom. The summed E-state index contributed by atoms with van der Waals surface area (Å²) in [6, 6.07) is 9.17. The molecule has 0 aliphatic heterocycles. The minimum Gasteiger partial charge on any atom is -0.369 e. The van der Waals surface area contributed by atoms with Gasteiger partial charge >= 0.3 is 0 Å². The maximum absolute atomic E-state index is 12.3. The molecule has 0 spiro atoms. The second-order valence-electron chi connectivity index (χ2n) is 6.40. The van der Waals surface area contributed by atoms with Gasteiger partial charge in [0.25, 0.3) is 10.1 Å². The van der Waals surface area contributed by atoms with Gasteiger partial charge in [-0.05, 0) is 61.4 Å². The summed E-state index contributed by atoms with van der Waals surface area (Å²) in [5.41, 5.74) is 2.91. The Labute approximate surface area is 189 Å². The molecular formula is C17H21N3O9S3. The first-order chi connectivity index (χ1) is 15.0. The largest absolute Gasteiger partial charge is 0.369 e. The zero-order chi connectivity index (χ0) is 23.8. The van der Waals surface area contributed by atoms with E-state index >= 15 is 0 Å².